The molecule has 0 radical (unpaired) electrons. The van der Waals surface area contributed by atoms with Gasteiger partial charge in [0.15, 0.2) is 5.78 Å². The second-order valence-electron chi connectivity index (χ2n) is 5.91. The third-order valence-electron chi connectivity index (χ3n) is 3.95. The van der Waals surface area contributed by atoms with Crippen molar-refractivity contribution in [1.82, 2.24) is 0 Å². The molecular formula is C18H31NO3S. The summed E-state index contributed by atoms with van der Waals surface area (Å²) in [6, 6.07) is 0. The van der Waals surface area contributed by atoms with Gasteiger partial charge in [0.1, 0.15) is 12.4 Å². The van der Waals surface area contributed by atoms with E-state index in [0.29, 0.717) is 29.8 Å². The number of rotatable bonds is 10. The average molecular weight is 342 g/mol. The van der Waals surface area contributed by atoms with E-state index in [9.17, 15) is 4.79 Å². The molecular weight excluding hydrogens is 310 g/mol. The standard InChI is InChI=1S/C18H31NO3S/c1-6-9-15(19-22-7-2)18-16(20)11-14(12-17(18)21-5)10-13(4)23-8-3/h13-14H,6-12H2,1-5H3/b19-15-/t13-,14-/m0/s1. The van der Waals surface area contributed by atoms with E-state index in [1.165, 1.54) is 0 Å². The minimum absolute atomic E-state index is 0.152. The quantitative estimate of drug-likeness (QED) is 0.431. The van der Waals surface area contributed by atoms with Gasteiger partial charge >= 0.3 is 0 Å². The van der Waals surface area contributed by atoms with Crippen molar-refractivity contribution < 1.29 is 14.4 Å². The van der Waals surface area contributed by atoms with Gasteiger partial charge in [-0.15, -0.1) is 0 Å². The maximum atomic E-state index is 12.7. The summed E-state index contributed by atoms with van der Waals surface area (Å²) in [6.07, 6.45) is 4.12. The Morgan fingerprint density at radius 3 is 2.65 bits per heavy atom. The van der Waals surface area contributed by atoms with Crippen LogP contribution in [0.15, 0.2) is 16.5 Å². The summed E-state index contributed by atoms with van der Waals surface area (Å²) in [7, 11) is 1.65. The van der Waals surface area contributed by atoms with Gasteiger partial charge in [-0.2, -0.15) is 11.8 Å². The van der Waals surface area contributed by atoms with Crippen molar-refractivity contribution in [3.63, 3.8) is 0 Å². The predicted octanol–water partition coefficient (Wildman–Crippen LogP) is 4.59. The number of methoxy groups -OCH3 is 1. The molecule has 5 heteroatoms. The highest BCUT2D eigenvalue weighted by molar-refractivity contribution is 7.99. The van der Waals surface area contributed by atoms with Gasteiger partial charge < -0.3 is 9.57 Å². The summed E-state index contributed by atoms with van der Waals surface area (Å²) in [5, 5.41) is 4.75. The lowest BCUT2D eigenvalue weighted by Gasteiger charge is -2.27. The number of ketones is 1. The highest BCUT2D eigenvalue weighted by atomic mass is 32.2. The number of ether oxygens (including phenoxy) is 1. The molecule has 2 atom stereocenters. The largest absolute Gasteiger partial charge is 0.500 e. The Kier molecular flexibility index (Phi) is 9.37. The Labute approximate surface area is 145 Å². The van der Waals surface area contributed by atoms with E-state index in [1.807, 2.05) is 18.7 Å². The van der Waals surface area contributed by atoms with E-state index in [1.54, 1.807) is 7.11 Å². The van der Waals surface area contributed by atoms with Crippen LogP contribution < -0.4 is 0 Å². The maximum Gasteiger partial charge on any atom is 0.168 e. The smallest absolute Gasteiger partial charge is 0.168 e. The van der Waals surface area contributed by atoms with Gasteiger partial charge in [0, 0.05) is 18.1 Å². The van der Waals surface area contributed by atoms with Crippen LogP contribution in [0, 0.1) is 5.92 Å². The first-order valence-corrected chi connectivity index (χ1v) is 9.73. The molecule has 0 aromatic heterocycles. The Morgan fingerprint density at radius 1 is 1.35 bits per heavy atom. The first kappa shape index (κ1) is 20.1. The fourth-order valence-corrected chi connectivity index (χ4v) is 4.02. The van der Waals surface area contributed by atoms with Crippen molar-refractivity contribution in [3.8, 4) is 0 Å². The van der Waals surface area contributed by atoms with Crippen LogP contribution in [0.2, 0.25) is 0 Å². The molecule has 0 spiro atoms. The maximum absolute atomic E-state index is 12.7. The second-order valence-corrected chi connectivity index (χ2v) is 7.62. The highest BCUT2D eigenvalue weighted by Crippen LogP contribution is 2.34. The number of nitrogens with zero attached hydrogens (tertiary/aromatic N) is 1. The Bertz CT molecular complexity index is 446. The number of oxime groups is 1. The van der Waals surface area contributed by atoms with Crippen LogP contribution in [0.5, 0.6) is 0 Å². The number of Topliss-reactive ketones (excluding diaryl/α,β-unsaturated/α-hetero) is 1. The minimum atomic E-state index is 0.152. The molecule has 0 saturated carbocycles. The predicted molar refractivity (Wildman–Crippen MR) is 97.9 cm³/mol. The number of hydrogen-bond donors (Lipinski definition) is 0. The topological polar surface area (TPSA) is 47.9 Å². The third-order valence-corrected chi connectivity index (χ3v) is 5.04. The van der Waals surface area contributed by atoms with Gasteiger partial charge in [0.25, 0.3) is 0 Å². The molecule has 0 N–H and O–H groups in total. The number of allylic oxidation sites excluding steroid dienone is 2. The van der Waals surface area contributed by atoms with Crippen LogP contribution in [0.4, 0.5) is 0 Å². The van der Waals surface area contributed by atoms with E-state index in [4.69, 9.17) is 9.57 Å². The summed E-state index contributed by atoms with van der Waals surface area (Å²) in [5.74, 6) is 2.41. The molecule has 0 aromatic carbocycles. The van der Waals surface area contributed by atoms with Crippen LogP contribution in [-0.4, -0.2) is 36.2 Å². The van der Waals surface area contributed by atoms with Gasteiger partial charge in [-0.25, -0.2) is 0 Å². The molecule has 0 unspecified atom stereocenters. The Balaban J connectivity index is 2.96. The van der Waals surface area contributed by atoms with E-state index in [2.05, 4.69) is 25.9 Å². The van der Waals surface area contributed by atoms with Crippen molar-refractivity contribution >= 4 is 23.3 Å². The van der Waals surface area contributed by atoms with Gasteiger partial charge in [-0.05, 0) is 31.4 Å². The van der Waals surface area contributed by atoms with Crippen molar-refractivity contribution in [2.24, 2.45) is 11.1 Å². The molecule has 0 fully saturated rings. The summed E-state index contributed by atoms with van der Waals surface area (Å²) in [5.41, 5.74) is 1.40. The van der Waals surface area contributed by atoms with Crippen LogP contribution in [0.1, 0.15) is 59.8 Å². The first-order valence-electron chi connectivity index (χ1n) is 8.68. The van der Waals surface area contributed by atoms with Crippen molar-refractivity contribution in [2.45, 2.75) is 65.0 Å². The second kappa shape index (κ2) is 10.7. The molecule has 23 heavy (non-hydrogen) atoms. The van der Waals surface area contributed by atoms with Gasteiger partial charge in [-0.1, -0.05) is 32.3 Å². The lowest BCUT2D eigenvalue weighted by atomic mass is 9.82. The molecule has 1 aliphatic carbocycles. The van der Waals surface area contributed by atoms with Crippen molar-refractivity contribution in [3.05, 3.63) is 11.3 Å². The normalized spacial score (nSPS) is 20.7. The molecule has 0 aliphatic heterocycles. The zero-order valence-corrected chi connectivity index (χ0v) is 16.0. The highest BCUT2D eigenvalue weighted by Gasteiger charge is 2.32. The molecule has 132 valence electrons. The van der Waals surface area contributed by atoms with Gasteiger partial charge in [0.2, 0.25) is 0 Å². The summed E-state index contributed by atoms with van der Waals surface area (Å²) in [4.78, 5) is 17.9. The molecule has 0 amide bonds. The number of carbonyl (C=O) groups excluding carboxylic acids is 1. The van der Waals surface area contributed by atoms with Crippen molar-refractivity contribution in [1.29, 1.82) is 0 Å². The lowest BCUT2D eigenvalue weighted by molar-refractivity contribution is -0.117. The van der Waals surface area contributed by atoms with Gasteiger partial charge in [-0.3, -0.25) is 4.79 Å². The molecule has 1 rings (SSSR count). The molecule has 0 bridgehead atoms. The van der Waals surface area contributed by atoms with Crippen molar-refractivity contribution in [2.75, 3.05) is 19.5 Å². The van der Waals surface area contributed by atoms with E-state index in [0.717, 1.165) is 42.9 Å². The number of carbonyl (C=O) groups is 1. The molecule has 4 nitrogen and oxygen atoms in total. The zero-order chi connectivity index (χ0) is 17.2. The van der Waals surface area contributed by atoms with Crippen LogP contribution >= 0.6 is 11.8 Å². The summed E-state index contributed by atoms with van der Waals surface area (Å²) < 4.78 is 5.57. The Hall–Kier alpha value is -0.970. The summed E-state index contributed by atoms with van der Waals surface area (Å²) >= 11 is 1.95. The van der Waals surface area contributed by atoms with E-state index >= 15 is 0 Å². The molecule has 0 heterocycles. The van der Waals surface area contributed by atoms with Crippen LogP contribution in [-0.2, 0) is 14.4 Å². The van der Waals surface area contributed by atoms with E-state index < -0.39 is 0 Å². The van der Waals surface area contributed by atoms with Crippen LogP contribution in [0.25, 0.3) is 0 Å². The lowest BCUT2D eigenvalue weighted by Crippen LogP contribution is -2.26. The fraction of sp³-hybridized carbons (Fsp3) is 0.778. The summed E-state index contributed by atoms with van der Waals surface area (Å²) in [6.45, 7) is 8.89. The SMILES string of the molecule is CCC/C(=N/OCC)C1=C(OC)C[C@@H](C[C@H](C)SCC)CC1=O. The first-order chi connectivity index (χ1) is 11.1. The van der Waals surface area contributed by atoms with Crippen LogP contribution in [0.3, 0.4) is 0 Å². The number of thioether (sulfide) groups is 1. The van der Waals surface area contributed by atoms with E-state index in [-0.39, 0.29) is 5.78 Å². The monoisotopic (exact) mass is 341 g/mol. The minimum Gasteiger partial charge on any atom is -0.500 e. The zero-order valence-electron chi connectivity index (χ0n) is 15.2. The Morgan fingerprint density at radius 2 is 2.09 bits per heavy atom. The fourth-order valence-electron chi connectivity index (χ4n) is 3.05. The molecule has 0 aromatic rings. The third kappa shape index (κ3) is 6.21. The number of hydrogen-bond acceptors (Lipinski definition) is 5. The molecule has 1 aliphatic rings. The average Bonchev–Trinajstić information content (AvgIpc) is 2.51. The van der Waals surface area contributed by atoms with Gasteiger partial charge in [0.05, 0.1) is 18.4 Å². The molecule has 0 saturated heterocycles.